The van der Waals surface area contributed by atoms with E-state index in [-0.39, 0.29) is 17.4 Å². The standard InChI is InChI=1S/C27H27N5O4S/c1-17-5-10-21(11-6-17)32-26(19-7-12-22(35-3)13-8-19)30-31-27(32)37-16-25(34)29-28-18(2)20-9-14-23(33)24(15-20)36-4/h5-15,33H,16H2,1-4H3,(H,29,34)/b28-18-. The van der Waals surface area contributed by atoms with Gasteiger partial charge in [-0.2, -0.15) is 5.10 Å². The van der Waals surface area contributed by atoms with E-state index in [9.17, 15) is 9.90 Å². The second-order valence-electron chi connectivity index (χ2n) is 8.11. The summed E-state index contributed by atoms with van der Waals surface area (Å²) in [6, 6.07) is 20.5. The predicted molar refractivity (Wildman–Crippen MR) is 144 cm³/mol. The molecule has 4 aromatic rings. The van der Waals surface area contributed by atoms with Crippen LogP contribution in [-0.4, -0.2) is 51.5 Å². The van der Waals surface area contributed by atoms with Crippen molar-refractivity contribution in [2.45, 2.75) is 19.0 Å². The minimum Gasteiger partial charge on any atom is -0.504 e. The number of phenols is 1. The largest absolute Gasteiger partial charge is 0.504 e. The van der Waals surface area contributed by atoms with Crippen molar-refractivity contribution in [3.63, 3.8) is 0 Å². The Morgan fingerprint density at radius 2 is 1.76 bits per heavy atom. The number of nitrogens with one attached hydrogen (secondary N) is 1. The number of thioether (sulfide) groups is 1. The molecule has 0 bridgehead atoms. The Hall–Kier alpha value is -4.31. The van der Waals surface area contributed by atoms with Gasteiger partial charge < -0.3 is 14.6 Å². The maximum Gasteiger partial charge on any atom is 0.250 e. The highest BCUT2D eigenvalue weighted by Crippen LogP contribution is 2.29. The lowest BCUT2D eigenvalue weighted by Crippen LogP contribution is -2.21. The summed E-state index contributed by atoms with van der Waals surface area (Å²) < 4.78 is 12.3. The van der Waals surface area contributed by atoms with Gasteiger partial charge in [0.15, 0.2) is 22.5 Å². The normalized spacial score (nSPS) is 11.3. The molecule has 0 saturated heterocycles. The van der Waals surface area contributed by atoms with Crippen LogP contribution in [0.5, 0.6) is 17.2 Å². The van der Waals surface area contributed by atoms with Crippen molar-refractivity contribution in [2.24, 2.45) is 5.10 Å². The zero-order chi connectivity index (χ0) is 26.4. The van der Waals surface area contributed by atoms with Crippen LogP contribution in [0.3, 0.4) is 0 Å². The van der Waals surface area contributed by atoms with Gasteiger partial charge in [-0.05, 0) is 68.4 Å². The summed E-state index contributed by atoms with van der Waals surface area (Å²) in [5.41, 5.74) is 6.75. The molecule has 1 aromatic heterocycles. The van der Waals surface area contributed by atoms with Gasteiger partial charge in [0, 0.05) is 16.8 Å². The number of hydrogen-bond acceptors (Lipinski definition) is 8. The number of carbonyl (C=O) groups is 1. The minimum atomic E-state index is -0.292. The molecular weight excluding hydrogens is 490 g/mol. The Bertz CT molecular complexity index is 1420. The van der Waals surface area contributed by atoms with E-state index in [1.807, 2.05) is 60.0 Å². The summed E-state index contributed by atoms with van der Waals surface area (Å²) in [6.07, 6.45) is 0. The van der Waals surface area contributed by atoms with Crippen LogP contribution < -0.4 is 14.9 Å². The zero-order valence-corrected chi connectivity index (χ0v) is 21.7. The smallest absolute Gasteiger partial charge is 0.250 e. The summed E-state index contributed by atoms with van der Waals surface area (Å²) in [4.78, 5) is 12.6. The van der Waals surface area contributed by atoms with Gasteiger partial charge in [-0.1, -0.05) is 29.5 Å². The van der Waals surface area contributed by atoms with Crippen LogP contribution in [0.25, 0.3) is 17.1 Å². The predicted octanol–water partition coefficient (Wildman–Crippen LogP) is 4.60. The summed E-state index contributed by atoms with van der Waals surface area (Å²) >= 11 is 1.26. The number of ether oxygens (including phenoxy) is 2. The third kappa shape index (κ3) is 6.10. The lowest BCUT2D eigenvalue weighted by atomic mass is 10.1. The Labute approximate surface area is 219 Å². The van der Waals surface area contributed by atoms with Crippen LogP contribution in [-0.2, 0) is 4.79 Å². The van der Waals surface area contributed by atoms with E-state index >= 15 is 0 Å². The van der Waals surface area contributed by atoms with Gasteiger partial charge in [0.2, 0.25) is 0 Å². The number of phenolic OH excluding ortho intramolecular Hbond substituents is 1. The maximum absolute atomic E-state index is 12.6. The molecule has 0 aliphatic carbocycles. The maximum atomic E-state index is 12.6. The van der Waals surface area contributed by atoms with E-state index in [2.05, 4.69) is 20.7 Å². The molecule has 4 rings (SSSR count). The zero-order valence-electron chi connectivity index (χ0n) is 20.9. The highest BCUT2D eigenvalue weighted by Gasteiger charge is 2.17. The van der Waals surface area contributed by atoms with E-state index in [0.717, 1.165) is 22.6 Å². The number of aromatic nitrogens is 3. The molecule has 0 aliphatic rings. The highest BCUT2D eigenvalue weighted by atomic mass is 32.2. The van der Waals surface area contributed by atoms with Crippen molar-refractivity contribution in [3.8, 4) is 34.3 Å². The number of aromatic hydroxyl groups is 1. The SMILES string of the molecule is COc1ccc(-c2nnc(SCC(=O)N/N=C(/C)c3ccc(O)c(OC)c3)n2-c2ccc(C)cc2)cc1. The Kier molecular flexibility index (Phi) is 8.09. The molecule has 37 heavy (non-hydrogen) atoms. The summed E-state index contributed by atoms with van der Waals surface area (Å²) in [6.45, 7) is 3.78. The lowest BCUT2D eigenvalue weighted by Gasteiger charge is -2.11. The van der Waals surface area contributed by atoms with Gasteiger partial charge in [-0.25, -0.2) is 5.43 Å². The van der Waals surface area contributed by atoms with Crippen LogP contribution in [0.15, 0.2) is 77.0 Å². The fourth-order valence-electron chi connectivity index (χ4n) is 3.49. The molecule has 0 saturated carbocycles. The number of aryl methyl sites for hydroxylation is 1. The number of methoxy groups -OCH3 is 2. The third-order valence-electron chi connectivity index (χ3n) is 5.55. The first-order valence-corrected chi connectivity index (χ1v) is 12.4. The molecule has 3 aromatic carbocycles. The first-order valence-electron chi connectivity index (χ1n) is 11.4. The molecule has 190 valence electrons. The Morgan fingerprint density at radius 3 is 2.43 bits per heavy atom. The molecule has 0 atom stereocenters. The molecule has 2 N–H and O–H groups in total. The molecule has 10 heteroatoms. The monoisotopic (exact) mass is 517 g/mol. The van der Waals surface area contributed by atoms with Crippen molar-refractivity contribution >= 4 is 23.4 Å². The molecule has 1 heterocycles. The van der Waals surface area contributed by atoms with Gasteiger partial charge in [-0.15, -0.1) is 10.2 Å². The topological polar surface area (TPSA) is 111 Å². The second kappa shape index (κ2) is 11.6. The fourth-order valence-corrected chi connectivity index (χ4v) is 4.24. The Morgan fingerprint density at radius 1 is 1.03 bits per heavy atom. The van der Waals surface area contributed by atoms with Gasteiger partial charge in [0.1, 0.15) is 5.75 Å². The number of hydrogen-bond donors (Lipinski definition) is 2. The van der Waals surface area contributed by atoms with Crippen molar-refractivity contribution in [1.82, 2.24) is 20.2 Å². The van der Waals surface area contributed by atoms with Crippen molar-refractivity contribution in [1.29, 1.82) is 0 Å². The number of hydrazone groups is 1. The number of carbonyl (C=O) groups excluding carboxylic acids is 1. The average molecular weight is 518 g/mol. The fraction of sp³-hybridized carbons (Fsp3) is 0.185. The highest BCUT2D eigenvalue weighted by molar-refractivity contribution is 7.99. The molecule has 1 amide bonds. The van der Waals surface area contributed by atoms with E-state index in [0.29, 0.717) is 28.0 Å². The molecule has 9 nitrogen and oxygen atoms in total. The third-order valence-corrected chi connectivity index (χ3v) is 6.48. The van der Waals surface area contributed by atoms with Gasteiger partial charge in [0.25, 0.3) is 5.91 Å². The van der Waals surface area contributed by atoms with E-state index in [1.165, 1.54) is 24.9 Å². The van der Waals surface area contributed by atoms with Crippen LogP contribution in [0.2, 0.25) is 0 Å². The van der Waals surface area contributed by atoms with E-state index in [1.54, 1.807) is 26.2 Å². The average Bonchev–Trinajstić information content (AvgIpc) is 3.35. The molecule has 0 aliphatic heterocycles. The van der Waals surface area contributed by atoms with Crippen LogP contribution >= 0.6 is 11.8 Å². The van der Waals surface area contributed by atoms with Gasteiger partial charge >= 0.3 is 0 Å². The second-order valence-corrected chi connectivity index (χ2v) is 9.06. The molecule has 0 radical (unpaired) electrons. The summed E-state index contributed by atoms with van der Waals surface area (Å²) in [5, 5.41) is 23.3. The number of amides is 1. The molecule has 0 unspecified atom stereocenters. The Balaban J connectivity index is 1.52. The van der Waals surface area contributed by atoms with E-state index < -0.39 is 0 Å². The number of benzene rings is 3. The number of rotatable bonds is 9. The van der Waals surface area contributed by atoms with Crippen molar-refractivity contribution < 1.29 is 19.4 Å². The lowest BCUT2D eigenvalue weighted by molar-refractivity contribution is -0.118. The molecule has 0 fully saturated rings. The van der Waals surface area contributed by atoms with Crippen molar-refractivity contribution in [2.75, 3.05) is 20.0 Å². The number of nitrogens with zero attached hydrogens (tertiary/aromatic N) is 4. The summed E-state index contributed by atoms with van der Waals surface area (Å²) in [7, 11) is 3.09. The van der Waals surface area contributed by atoms with E-state index in [4.69, 9.17) is 9.47 Å². The first kappa shape index (κ1) is 25.8. The van der Waals surface area contributed by atoms with Crippen LogP contribution in [0, 0.1) is 6.92 Å². The quantitative estimate of drug-likeness (QED) is 0.190. The summed E-state index contributed by atoms with van der Waals surface area (Å²) in [5.74, 6) is 1.56. The molecular formula is C27H27N5O4S. The van der Waals surface area contributed by atoms with Gasteiger partial charge in [-0.3, -0.25) is 9.36 Å². The van der Waals surface area contributed by atoms with Crippen molar-refractivity contribution in [3.05, 3.63) is 77.9 Å². The van der Waals surface area contributed by atoms with Gasteiger partial charge in [0.05, 0.1) is 25.7 Å². The van der Waals surface area contributed by atoms with Crippen LogP contribution in [0.4, 0.5) is 0 Å². The first-order chi connectivity index (χ1) is 17.9. The minimum absolute atomic E-state index is 0.0335. The van der Waals surface area contributed by atoms with Crippen LogP contribution in [0.1, 0.15) is 18.1 Å². The molecule has 0 spiro atoms.